The number of benzene rings is 1. The summed E-state index contributed by atoms with van der Waals surface area (Å²) in [6, 6.07) is 3.27. The Labute approximate surface area is 184 Å². The van der Waals surface area contributed by atoms with Crippen molar-refractivity contribution in [2.45, 2.75) is 65.0 Å². The van der Waals surface area contributed by atoms with Gasteiger partial charge in [-0.05, 0) is 61.9 Å². The summed E-state index contributed by atoms with van der Waals surface area (Å²) in [5.41, 5.74) is 2.73. The number of carbonyl (C=O) groups excluding carboxylic acids is 2. The molecule has 1 aromatic carbocycles. The fourth-order valence-electron chi connectivity index (χ4n) is 5.42. The summed E-state index contributed by atoms with van der Waals surface area (Å²) in [5, 5.41) is 0. The first-order chi connectivity index (χ1) is 14.9. The number of ether oxygens (including phenoxy) is 1. The maximum absolute atomic E-state index is 14.4. The lowest BCUT2D eigenvalue weighted by Crippen LogP contribution is -2.54. The molecular formula is C25H35FN2O3. The van der Waals surface area contributed by atoms with E-state index in [2.05, 4.69) is 16.7 Å². The van der Waals surface area contributed by atoms with E-state index >= 15 is 0 Å². The molecule has 31 heavy (non-hydrogen) atoms. The molecule has 170 valence electrons. The molecule has 4 rings (SSSR count). The number of hydrogen-bond acceptors (Lipinski definition) is 4. The van der Waals surface area contributed by atoms with Crippen molar-refractivity contribution < 1.29 is 18.7 Å². The zero-order chi connectivity index (χ0) is 22.0. The van der Waals surface area contributed by atoms with Crippen LogP contribution in [0.25, 0.3) is 0 Å². The molecule has 2 saturated heterocycles. The molecule has 6 heteroatoms. The van der Waals surface area contributed by atoms with Crippen LogP contribution in [0.1, 0.15) is 55.7 Å². The minimum absolute atomic E-state index is 0.0579. The molecule has 0 spiro atoms. The molecule has 3 fully saturated rings. The summed E-state index contributed by atoms with van der Waals surface area (Å²) in [6.07, 6.45) is 5.43. The van der Waals surface area contributed by atoms with Gasteiger partial charge in [-0.1, -0.05) is 12.8 Å². The van der Waals surface area contributed by atoms with E-state index < -0.39 is 0 Å². The summed E-state index contributed by atoms with van der Waals surface area (Å²) in [4.78, 5) is 29.8. The number of halogens is 1. The molecule has 5 nitrogen and oxygen atoms in total. The summed E-state index contributed by atoms with van der Waals surface area (Å²) in [5.74, 6) is 0.338. The molecule has 0 bridgehead atoms. The molecule has 0 N–H and O–H groups in total. The third-order valence-corrected chi connectivity index (χ3v) is 7.43. The monoisotopic (exact) mass is 430 g/mol. The highest BCUT2D eigenvalue weighted by atomic mass is 19.1. The molecule has 3 aliphatic rings. The van der Waals surface area contributed by atoms with Crippen LogP contribution < -0.4 is 0 Å². The lowest BCUT2D eigenvalue weighted by Gasteiger charge is -2.41. The average molecular weight is 431 g/mol. The van der Waals surface area contributed by atoms with Gasteiger partial charge in [0.1, 0.15) is 11.6 Å². The quantitative estimate of drug-likeness (QED) is 0.693. The van der Waals surface area contributed by atoms with E-state index in [1.807, 2.05) is 6.92 Å². The summed E-state index contributed by atoms with van der Waals surface area (Å²) in [7, 11) is 0. The van der Waals surface area contributed by atoms with Crippen molar-refractivity contribution >= 4 is 11.7 Å². The van der Waals surface area contributed by atoms with Crippen molar-refractivity contribution in [3.8, 4) is 0 Å². The SMILES string of the molecule is Cc1c(CC(=O)[C@@H]2CCOC2)cc(F)cc1CN1CCN(C(=O)C2CCCC2)[C@@H](C)C1. The van der Waals surface area contributed by atoms with Gasteiger partial charge in [0.2, 0.25) is 5.91 Å². The van der Waals surface area contributed by atoms with Gasteiger partial charge in [-0.3, -0.25) is 14.5 Å². The Morgan fingerprint density at radius 2 is 1.84 bits per heavy atom. The van der Waals surface area contributed by atoms with Gasteiger partial charge in [-0.2, -0.15) is 0 Å². The van der Waals surface area contributed by atoms with E-state index in [0.717, 1.165) is 55.6 Å². The number of ketones is 1. The van der Waals surface area contributed by atoms with Crippen molar-refractivity contribution in [2.24, 2.45) is 11.8 Å². The smallest absolute Gasteiger partial charge is 0.226 e. The lowest BCUT2D eigenvalue weighted by molar-refractivity contribution is -0.140. The first-order valence-corrected chi connectivity index (χ1v) is 11.8. The van der Waals surface area contributed by atoms with Crippen LogP contribution in [0, 0.1) is 24.6 Å². The number of hydrogen-bond donors (Lipinski definition) is 0. The van der Waals surface area contributed by atoms with Gasteiger partial charge in [0, 0.05) is 57.1 Å². The molecule has 0 unspecified atom stereocenters. The Morgan fingerprint density at radius 3 is 2.52 bits per heavy atom. The molecule has 1 amide bonds. The topological polar surface area (TPSA) is 49.9 Å². The first-order valence-electron chi connectivity index (χ1n) is 11.8. The second-order valence-corrected chi connectivity index (χ2v) is 9.65. The van der Waals surface area contributed by atoms with Gasteiger partial charge in [0.25, 0.3) is 0 Å². The second-order valence-electron chi connectivity index (χ2n) is 9.65. The largest absolute Gasteiger partial charge is 0.381 e. The summed E-state index contributed by atoms with van der Waals surface area (Å²) < 4.78 is 19.7. The highest BCUT2D eigenvalue weighted by Gasteiger charge is 2.33. The van der Waals surface area contributed by atoms with Crippen LogP contribution in [-0.4, -0.2) is 60.4 Å². The van der Waals surface area contributed by atoms with E-state index in [1.54, 1.807) is 6.07 Å². The van der Waals surface area contributed by atoms with Crippen LogP contribution in [0.3, 0.4) is 0 Å². The number of carbonyl (C=O) groups is 2. The zero-order valence-electron chi connectivity index (χ0n) is 18.9. The molecule has 0 aromatic heterocycles. The minimum atomic E-state index is -0.283. The normalized spacial score (nSPS) is 25.3. The molecule has 2 atom stereocenters. The third kappa shape index (κ3) is 5.17. The highest BCUT2D eigenvalue weighted by Crippen LogP contribution is 2.28. The number of amides is 1. The Hall–Kier alpha value is -1.79. The lowest BCUT2D eigenvalue weighted by atomic mass is 9.92. The van der Waals surface area contributed by atoms with Crippen LogP contribution in [0.5, 0.6) is 0 Å². The van der Waals surface area contributed by atoms with Crippen molar-refractivity contribution in [3.63, 3.8) is 0 Å². The second kappa shape index (κ2) is 9.78. The first kappa shape index (κ1) is 22.4. The molecule has 2 aliphatic heterocycles. The number of nitrogens with zero attached hydrogens (tertiary/aromatic N) is 2. The van der Waals surface area contributed by atoms with Gasteiger partial charge < -0.3 is 9.64 Å². The fraction of sp³-hybridized carbons (Fsp3) is 0.680. The average Bonchev–Trinajstić information content (AvgIpc) is 3.45. The van der Waals surface area contributed by atoms with E-state index in [-0.39, 0.29) is 35.9 Å². The van der Waals surface area contributed by atoms with Crippen molar-refractivity contribution in [2.75, 3.05) is 32.8 Å². The van der Waals surface area contributed by atoms with Gasteiger partial charge in [-0.15, -0.1) is 0 Å². The van der Waals surface area contributed by atoms with Crippen LogP contribution >= 0.6 is 0 Å². The molecule has 0 radical (unpaired) electrons. The van der Waals surface area contributed by atoms with Gasteiger partial charge in [0.15, 0.2) is 0 Å². The van der Waals surface area contributed by atoms with Gasteiger partial charge in [0.05, 0.1) is 6.61 Å². The summed E-state index contributed by atoms with van der Waals surface area (Å²) in [6.45, 7) is 8.20. The molecule has 1 aliphatic carbocycles. The Balaban J connectivity index is 1.39. The van der Waals surface area contributed by atoms with E-state index in [9.17, 15) is 14.0 Å². The Morgan fingerprint density at radius 1 is 1.10 bits per heavy atom. The zero-order valence-corrected chi connectivity index (χ0v) is 18.9. The van der Waals surface area contributed by atoms with Gasteiger partial charge >= 0.3 is 0 Å². The molecule has 1 aromatic rings. The van der Waals surface area contributed by atoms with E-state index in [0.29, 0.717) is 25.7 Å². The van der Waals surface area contributed by atoms with Crippen molar-refractivity contribution in [1.82, 2.24) is 9.80 Å². The third-order valence-electron chi connectivity index (χ3n) is 7.43. The maximum atomic E-state index is 14.4. The molecule has 1 saturated carbocycles. The number of rotatable bonds is 6. The number of piperazine rings is 1. The standard InChI is InChI=1S/C25H35FN2O3/c1-17-14-27(8-9-28(17)25(30)19-5-3-4-6-19)15-22-12-23(26)11-21(18(22)2)13-24(29)20-7-10-31-16-20/h11-12,17,19-20H,3-10,13-16H2,1-2H3/t17-,20+/m0/s1. The molecule has 2 heterocycles. The predicted molar refractivity (Wildman–Crippen MR) is 117 cm³/mol. The van der Waals surface area contributed by atoms with Gasteiger partial charge in [-0.25, -0.2) is 4.39 Å². The van der Waals surface area contributed by atoms with Crippen LogP contribution in [0.4, 0.5) is 4.39 Å². The fourth-order valence-corrected chi connectivity index (χ4v) is 5.42. The van der Waals surface area contributed by atoms with E-state index in [4.69, 9.17) is 4.74 Å². The number of Topliss-reactive ketones (excluding diaryl/α,β-unsaturated/α-hetero) is 1. The van der Waals surface area contributed by atoms with Crippen LogP contribution in [0.15, 0.2) is 12.1 Å². The highest BCUT2D eigenvalue weighted by molar-refractivity contribution is 5.84. The maximum Gasteiger partial charge on any atom is 0.226 e. The minimum Gasteiger partial charge on any atom is -0.381 e. The van der Waals surface area contributed by atoms with Crippen LogP contribution in [-0.2, 0) is 27.3 Å². The van der Waals surface area contributed by atoms with Crippen LogP contribution in [0.2, 0.25) is 0 Å². The predicted octanol–water partition coefficient (Wildman–Crippen LogP) is 3.51. The Bertz CT molecular complexity index is 815. The summed E-state index contributed by atoms with van der Waals surface area (Å²) >= 11 is 0. The molecular weight excluding hydrogens is 395 g/mol. The van der Waals surface area contributed by atoms with Crippen molar-refractivity contribution in [1.29, 1.82) is 0 Å². The van der Waals surface area contributed by atoms with Crippen molar-refractivity contribution in [3.05, 3.63) is 34.6 Å². The Kier molecular flexibility index (Phi) is 7.07. The van der Waals surface area contributed by atoms with E-state index in [1.165, 1.54) is 18.9 Å².